The zero-order valence-corrected chi connectivity index (χ0v) is 13.8. The van der Waals surface area contributed by atoms with E-state index in [1.54, 1.807) is 14.0 Å². The quantitative estimate of drug-likeness (QED) is 0.931. The normalized spacial score (nSPS) is 18.2. The zero-order chi connectivity index (χ0) is 16.5. The highest BCUT2D eigenvalue weighted by Gasteiger charge is 2.32. The van der Waals surface area contributed by atoms with Crippen LogP contribution in [0.25, 0.3) is 0 Å². The molecule has 0 saturated carbocycles. The first kappa shape index (κ1) is 18.2. The van der Waals surface area contributed by atoms with Gasteiger partial charge < -0.3 is 9.84 Å². The lowest BCUT2D eigenvalue weighted by molar-refractivity contribution is -0.134. The molecule has 22 heavy (non-hydrogen) atoms. The molecule has 1 amide bonds. The second-order valence-electron chi connectivity index (χ2n) is 5.26. The van der Waals surface area contributed by atoms with Crippen LogP contribution in [0.5, 0.6) is 0 Å². The number of nitrogens with zero attached hydrogens (tertiary/aromatic N) is 2. The van der Waals surface area contributed by atoms with Crippen LogP contribution in [0.4, 0.5) is 0 Å². The fourth-order valence-electron chi connectivity index (χ4n) is 2.09. The molecule has 1 heterocycles. The number of hydrogen-bond acceptors (Lipinski definition) is 4. The van der Waals surface area contributed by atoms with E-state index in [-0.39, 0.29) is 5.91 Å². The molecule has 1 fully saturated rings. The highest BCUT2D eigenvalue weighted by molar-refractivity contribution is 5.96. The molecule has 0 aliphatic carbocycles. The summed E-state index contributed by atoms with van der Waals surface area (Å²) in [4.78, 5) is 17.3. The zero-order valence-electron chi connectivity index (χ0n) is 13.8. The minimum Gasteiger partial charge on any atom is -0.463 e. The van der Waals surface area contributed by atoms with Gasteiger partial charge in [-0.25, -0.2) is 4.99 Å². The number of amidine groups is 1. The number of carbonyl (C=O) groups is 1. The van der Waals surface area contributed by atoms with Crippen molar-refractivity contribution in [2.45, 2.75) is 33.3 Å². The molecule has 122 valence electrons. The molecule has 1 aromatic rings. The van der Waals surface area contributed by atoms with E-state index >= 15 is 0 Å². The largest absolute Gasteiger partial charge is 0.463 e. The number of carbonyl (C=O) groups excluding carboxylic acids is 1. The molecule has 0 unspecified atom stereocenters. The second-order valence-corrected chi connectivity index (χ2v) is 5.26. The number of aliphatic hydroxyl groups excluding tert-OH is 1. The van der Waals surface area contributed by atoms with Gasteiger partial charge in [-0.1, -0.05) is 49.7 Å². The minimum atomic E-state index is -0.601. The lowest BCUT2D eigenvalue weighted by Crippen LogP contribution is -2.40. The van der Waals surface area contributed by atoms with Crippen molar-refractivity contribution in [1.82, 2.24) is 4.90 Å². The average Bonchev–Trinajstić information content (AvgIpc) is 3.02. The molecule has 5 heteroatoms. The summed E-state index contributed by atoms with van der Waals surface area (Å²) in [5, 5.41) is 9.59. The fraction of sp³-hybridized carbons (Fsp3) is 0.529. The van der Waals surface area contributed by atoms with E-state index in [4.69, 9.17) is 4.74 Å². The predicted octanol–water partition coefficient (Wildman–Crippen LogP) is 2.23. The van der Waals surface area contributed by atoms with Crippen LogP contribution in [0.15, 0.2) is 35.3 Å². The number of aliphatic hydroxyl groups is 1. The minimum absolute atomic E-state index is 0.123. The number of amides is 1. The Morgan fingerprint density at radius 2 is 2.05 bits per heavy atom. The number of benzene rings is 1. The monoisotopic (exact) mass is 306 g/mol. The van der Waals surface area contributed by atoms with Gasteiger partial charge in [0.1, 0.15) is 6.61 Å². The van der Waals surface area contributed by atoms with Gasteiger partial charge in [0.2, 0.25) is 5.91 Å². The maximum atomic E-state index is 11.9. The summed E-state index contributed by atoms with van der Waals surface area (Å²) in [5.74, 6) is -0.532. The Bertz CT molecular complexity index is 488. The number of aliphatic imine (C=N–C) groups is 1. The van der Waals surface area contributed by atoms with E-state index in [1.165, 1.54) is 10.5 Å². The second kappa shape index (κ2) is 9.20. The van der Waals surface area contributed by atoms with Crippen molar-refractivity contribution in [3.63, 3.8) is 0 Å². The van der Waals surface area contributed by atoms with Gasteiger partial charge in [-0.2, -0.15) is 0 Å². The number of hydrogen-bond donors (Lipinski definition) is 1. The molecule has 2 atom stereocenters. The van der Waals surface area contributed by atoms with Gasteiger partial charge in [0.05, 0.1) is 18.6 Å². The van der Waals surface area contributed by atoms with Crippen molar-refractivity contribution in [3.05, 3.63) is 35.9 Å². The summed E-state index contributed by atoms with van der Waals surface area (Å²) in [6, 6.07) is 10.6. The third kappa shape index (κ3) is 5.15. The summed E-state index contributed by atoms with van der Waals surface area (Å²) in [6.45, 7) is 6.66. The SMILES string of the molecule is CC[C@@H](O)[C@H](C)C(=O)N1CCOC1=NC.Cc1ccccc1. The molecule has 0 spiro atoms. The first-order valence-corrected chi connectivity index (χ1v) is 7.61. The Morgan fingerprint density at radius 1 is 1.41 bits per heavy atom. The third-order valence-corrected chi connectivity index (χ3v) is 3.56. The highest BCUT2D eigenvalue weighted by Crippen LogP contribution is 2.14. The van der Waals surface area contributed by atoms with Gasteiger partial charge in [0.25, 0.3) is 6.02 Å². The van der Waals surface area contributed by atoms with E-state index in [1.807, 2.05) is 25.1 Å². The van der Waals surface area contributed by atoms with Gasteiger partial charge >= 0.3 is 0 Å². The molecular formula is C17H26N2O3. The molecule has 5 nitrogen and oxygen atoms in total. The molecule has 1 aromatic carbocycles. The van der Waals surface area contributed by atoms with Gasteiger partial charge in [0.15, 0.2) is 0 Å². The Kier molecular flexibility index (Phi) is 7.60. The van der Waals surface area contributed by atoms with Crippen LogP contribution in [0.3, 0.4) is 0 Å². The van der Waals surface area contributed by atoms with Crippen LogP contribution in [0.1, 0.15) is 25.8 Å². The summed E-state index contributed by atoms with van der Waals surface area (Å²) in [6.07, 6.45) is -0.0311. The first-order valence-electron chi connectivity index (χ1n) is 7.61. The van der Waals surface area contributed by atoms with E-state index in [2.05, 4.69) is 24.0 Å². The standard InChI is InChI=1S/C10H18N2O3.C7H8/c1-4-8(13)7(2)9(14)12-5-6-15-10(12)11-3;1-7-5-3-2-4-6-7/h7-8,13H,4-6H2,1-3H3;2-6H,1H3/t7-,8+;/m0./s1. The molecule has 0 aromatic heterocycles. The number of aryl methyl sites for hydroxylation is 1. The van der Waals surface area contributed by atoms with Gasteiger partial charge in [-0.15, -0.1) is 0 Å². The van der Waals surface area contributed by atoms with Crippen molar-refractivity contribution in [3.8, 4) is 0 Å². The number of ether oxygens (including phenoxy) is 1. The van der Waals surface area contributed by atoms with Gasteiger partial charge in [0, 0.05) is 7.05 Å². The van der Waals surface area contributed by atoms with Crippen LogP contribution in [0.2, 0.25) is 0 Å². The van der Waals surface area contributed by atoms with E-state index in [0.717, 1.165) is 0 Å². The molecule has 2 rings (SSSR count). The third-order valence-electron chi connectivity index (χ3n) is 3.56. The van der Waals surface area contributed by atoms with Crippen LogP contribution in [-0.4, -0.2) is 48.2 Å². The van der Waals surface area contributed by atoms with Crippen molar-refractivity contribution < 1.29 is 14.6 Å². The highest BCUT2D eigenvalue weighted by atomic mass is 16.5. The molecule has 1 aliphatic heterocycles. The first-order chi connectivity index (χ1) is 10.5. The molecule has 1 aliphatic rings. The smallest absolute Gasteiger partial charge is 0.294 e. The Hall–Kier alpha value is -1.88. The Labute approximate surface area is 132 Å². The van der Waals surface area contributed by atoms with Crippen molar-refractivity contribution >= 4 is 11.9 Å². The summed E-state index contributed by atoms with van der Waals surface area (Å²) in [5.41, 5.74) is 1.32. The lowest BCUT2D eigenvalue weighted by Gasteiger charge is -2.21. The summed E-state index contributed by atoms with van der Waals surface area (Å²) < 4.78 is 5.17. The van der Waals surface area contributed by atoms with Crippen molar-refractivity contribution in [2.24, 2.45) is 10.9 Å². The molecular weight excluding hydrogens is 280 g/mol. The van der Waals surface area contributed by atoms with Crippen LogP contribution in [-0.2, 0) is 9.53 Å². The average molecular weight is 306 g/mol. The van der Waals surface area contributed by atoms with E-state index < -0.39 is 12.0 Å². The van der Waals surface area contributed by atoms with Crippen molar-refractivity contribution in [1.29, 1.82) is 0 Å². The predicted molar refractivity (Wildman–Crippen MR) is 87.7 cm³/mol. The molecule has 0 bridgehead atoms. The van der Waals surface area contributed by atoms with E-state index in [0.29, 0.717) is 25.6 Å². The summed E-state index contributed by atoms with van der Waals surface area (Å²) >= 11 is 0. The molecule has 0 radical (unpaired) electrons. The summed E-state index contributed by atoms with van der Waals surface area (Å²) in [7, 11) is 1.59. The topological polar surface area (TPSA) is 62.1 Å². The Balaban J connectivity index is 0.000000287. The Morgan fingerprint density at radius 3 is 2.50 bits per heavy atom. The van der Waals surface area contributed by atoms with Crippen LogP contribution >= 0.6 is 0 Å². The van der Waals surface area contributed by atoms with Gasteiger partial charge in [-0.05, 0) is 13.3 Å². The fourth-order valence-corrected chi connectivity index (χ4v) is 2.09. The van der Waals surface area contributed by atoms with E-state index in [9.17, 15) is 9.90 Å². The van der Waals surface area contributed by atoms with Crippen LogP contribution < -0.4 is 0 Å². The lowest BCUT2D eigenvalue weighted by atomic mass is 10.0. The maximum absolute atomic E-state index is 11.9. The van der Waals surface area contributed by atoms with Crippen LogP contribution in [0, 0.1) is 12.8 Å². The number of rotatable bonds is 3. The molecule has 1 N–H and O–H groups in total. The van der Waals surface area contributed by atoms with Gasteiger partial charge in [-0.3, -0.25) is 9.69 Å². The van der Waals surface area contributed by atoms with Crippen molar-refractivity contribution in [2.75, 3.05) is 20.2 Å². The maximum Gasteiger partial charge on any atom is 0.294 e. The molecule has 1 saturated heterocycles.